The van der Waals surface area contributed by atoms with E-state index in [0.29, 0.717) is 5.75 Å². The lowest BCUT2D eigenvalue weighted by Gasteiger charge is -2.36. The third-order valence-electron chi connectivity index (χ3n) is 2.97. The molecule has 2 rings (SSSR count). The first-order chi connectivity index (χ1) is 10.0. The van der Waals surface area contributed by atoms with Crippen LogP contribution >= 0.6 is 24.0 Å². The van der Waals surface area contributed by atoms with Gasteiger partial charge in [0, 0.05) is 13.1 Å². The molecule has 0 amide bonds. The normalized spacial score (nSPS) is 21.9. The highest BCUT2D eigenvalue weighted by Gasteiger charge is 2.24. The van der Waals surface area contributed by atoms with Gasteiger partial charge in [-0.1, -0.05) is 42.2 Å². The molecule has 0 spiro atoms. The van der Waals surface area contributed by atoms with Gasteiger partial charge in [0.2, 0.25) is 0 Å². The van der Waals surface area contributed by atoms with Crippen LogP contribution in [0.2, 0.25) is 0 Å². The smallest absolute Gasteiger partial charge is 0.321 e. The minimum atomic E-state index is -0.289. The Bertz CT molecular complexity index is 485. The fourth-order valence-corrected chi connectivity index (χ4v) is 3.15. The van der Waals surface area contributed by atoms with Crippen molar-refractivity contribution in [1.29, 1.82) is 0 Å². The van der Waals surface area contributed by atoms with Gasteiger partial charge in [-0.05, 0) is 26.0 Å². The summed E-state index contributed by atoms with van der Waals surface area (Å²) < 4.78 is 11.6. The van der Waals surface area contributed by atoms with Crippen LogP contribution < -0.4 is 4.74 Å². The van der Waals surface area contributed by atoms with Gasteiger partial charge in [-0.25, -0.2) is 0 Å². The lowest BCUT2D eigenvalue weighted by atomic mass is 10.2. The summed E-state index contributed by atoms with van der Waals surface area (Å²) in [5, 5.41) is 0. The van der Waals surface area contributed by atoms with Crippen LogP contribution in [-0.2, 0) is 9.53 Å². The maximum Gasteiger partial charge on any atom is 0.321 e. The second-order valence-corrected chi connectivity index (χ2v) is 6.61. The molecular weight excluding hydrogens is 306 g/mol. The van der Waals surface area contributed by atoms with Crippen molar-refractivity contribution in [2.75, 3.05) is 18.8 Å². The van der Waals surface area contributed by atoms with Crippen LogP contribution in [0.3, 0.4) is 0 Å². The molecule has 0 N–H and O–H groups in total. The largest absolute Gasteiger partial charge is 0.426 e. The molecule has 1 aromatic carbocycles. The Balaban J connectivity index is 1.77. The van der Waals surface area contributed by atoms with E-state index in [2.05, 4.69) is 4.90 Å². The number of ether oxygens (including phenoxy) is 2. The van der Waals surface area contributed by atoms with E-state index in [9.17, 15) is 4.79 Å². The molecule has 0 aliphatic carbocycles. The van der Waals surface area contributed by atoms with Gasteiger partial charge in [0.05, 0.1) is 18.0 Å². The third kappa shape index (κ3) is 5.30. The van der Waals surface area contributed by atoms with E-state index in [1.54, 1.807) is 12.1 Å². The van der Waals surface area contributed by atoms with Gasteiger partial charge in [0.15, 0.2) is 0 Å². The molecule has 0 saturated carbocycles. The first-order valence-corrected chi connectivity index (χ1v) is 8.27. The van der Waals surface area contributed by atoms with Crippen molar-refractivity contribution in [1.82, 2.24) is 4.90 Å². The highest BCUT2D eigenvalue weighted by atomic mass is 32.2. The van der Waals surface area contributed by atoms with Crippen molar-refractivity contribution in [2.45, 2.75) is 26.1 Å². The highest BCUT2D eigenvalue weighted by Crippen LogP contribution is 2.18. The van der Waals surface area contributed by atoms with Gasteiger partial charge in [0.25, 0.3) is 0 Å². The molecule has 6 heteroatoms. The molecule has 1 saturated heterocycles. The molecule has 1 heterocycles. The molecule has 2 atom stereocenters. The van der Waals surface area contributed by atoms with Crippen LogP contribution in [0.25, 0.3) is 0 Å². The molecule has 0 radical (unpaired) electrons. The predicted molar refractivity (Wildman–Crippen MR) is 88.7 cm³/mol. The van der Waals surface area contributed by atoms with Gasteiger partial charge in [-0.3, -0.25) is 4.79 Å². The van der Waals surface area contributed by atoms with E-state index in [-0.39, 0.29) is 23.9 Å². The van der Waals surface area contributed by atoms with Crippen LogP contribution in [0.1, 0.15) is 13.8 Å². The minimum Gasteiger partial charge on any atom is -0.426 e. The lowest BCUT2D eigenvalue weighted by molar-refractivity contribution is -0.131. The fraction of sp³-hybridized carbons (Fsp3) is 0.467. The van der Waals surface area contributed by atoms with Crippen LogP contribution in [0, 0.1) is 0 Å². The third-order valence-corrected chi connectivity index (χ3v) is 4.46. The van der Waals surface area contributed by atoms with Crippen molar-refractivity contribution < 1.29 is 14.3 Å². The van der Waals surface area contributed by atoms with Crippen molar-refractivity contribution in [2.24, 2.45) is 0 Å². The Morgan fingerprint density at radius 2 is 1.95 bits per heavy atom. The lowest BCUT2D eigenvalue weighted by Crippen LogP contribution is -2.47. The Morgan fingerprint density at radius 3 is 2.57 bits per heavy atom. The van der Waals surface area contributed by atoms with Crippen molar-refractivity contribution in [3.05, 3.63) is 30.3 Å². The summed E-state index contributed by atoms with van der Waals surface area (Å²) in [6.45, 7) is 5.59. The maximum absolute atomic E-state index is 11.8. The Morgan fingerprint density at radius 1 is 1.33 bits per heavy atom. The van der Waals surface area contributed by atoms with Crippen LogP contribution in [0.5, 0.6) is 5.75 Å². The number of para-hydroxylation sites is 1. The number of morpholine rings is 1. The monoisotopic (exact) mass is 325 g/mol. The molecule has 1 fully saturated rings. The first kappa shape index (κ1) is 16.3. The number of esters is 1. The second-order valence-electron chi connectivity index (χ2n) is 5.00. The zero-order valence-electron chi connectivity index (χ0n) is 12.2. The van der Waals surface area contributed by atoms with E-state index < -0.39 is 0 Å². The number of carbonyl (C=O) groups excluding carboxylic acids is 1. The predicted octanol–water partition coefficient (Wildman–Crippen LogP) is 2.72. The fourth-order valence-electron chi connectivity index (χ4n) is 2.19. The molecule has 1 aliphatic rings. The zero-order chi connectivity index (χ0) is 15.2. The molecular formula is C15H19NO3S2. The Labute approximate surface area is 134 Å². The number of carbonyl (C=O) groups is 1. The van der Waals surface area contributed by atoms with Crippen LogP contribution in [-0.4, -0.2) is 46.2 Å². The van der Waals surface area contributed by atoms with Crippen molar-refractivity contribution in [3.63, 3.8) is 0 Å². The van der Waals surface area contributed by atoms with E-state index in [1.165, 1.54) is 11.8 Å². The molecule has 0 bridgehead atoms. The van der Waals surface area contributed by atoms with Crippen molar-refractivity contribution >= 4 is 34.3 Å². The van der Waals surface area contributed by atoms with Crippen LogP contribution in [0.4, 0.5) is 0 Å². The summed E-state index contributed by atoms with van der Waals surface area (Å²) in [5.41, 5.74) is 0. The van der Waals surface area contributed by atoms with E-state index in [0.717, 1.165) is 17.4 Å². The Kier molecular flexibility index (Phi) is 6.02. The number of thiocarbonyl (C=S) groups is 1. The van der Waals surface area contributed by atoms with Gasteiger partial charge >= 0.3 is 5.97 Å². The number of thioether (sulfide) groups is 1. The molecule has 114 valence electrons. The number of nitrogens with zero attached hydrogens (tertiary/aromatic N) is 1. The quantitative estimate of drug-likeness (QED) is 0.483. The number of rotatable bonds is 3. The summed E-state index contributed by atoms with van der Waals surface area (Å²) in [7, 11) is 0. The average molecular weight is 325 g/mol. The van der Waals surface area contributed by atoms with Crippen molar-refractivity contribution in [3.8, 4) is 5.75 Å². The molecule has 4 nitrogen and oxygen atoms in total. The summed E-state index contributed by atoms with van der Waals surface area (Å²) in [4.78, 5) is 13.9. The Hall–Kier alpha value is -1.11. The summed E-state index contributed by atoms with van der Waals surface area (Å²) in [5.74, 6) is 0.485. The van der Waals surface area contributed by atoms with Gasteiger partial charge < -0.3 is 14.4 Å². The SMILES string of the molecule is C[C@H]1CN(C(=S)SCC(=O)Oc2ccccc2)C[C@H](C)O1. The van der Waals surface area contributed by atoms with Gasteiger partial charge in [-0.2, -0.15) is 0 Å². The number of benzene rings is 1. The van der Waals surface area contributed by atoms with E-state index in [1.807, 2.05) is 32.0 Å². The average Bonchev–Trinajstić information content (AvgIpc) is 2.45. The molecule has 21 heavy (non-hydrogen) atoms. The number of hydrogen-bond donors (Lipinski definition) is 0. The molecule has 0 aromatic heterocycles. The minimum absolute atomic E-state index is 0.156. The maximum atomic E-state index is 11.8. The summed E-state index contributed by atoms with van der Waals surface area (Å²) in [6, 6.07) is 9.05. The van der Waals surface area contributed by atoms with Crippen LogP contribution in [0.15, 0.2) is 30.3 Å². The molecule has 1 aliphatic heterocycles. The highest BCUT2D eigenvalue weighted by molar-refractivity contribution is 8.23. The number of hydrogen-bond acceptors (Lipinski definition) is 5. The second kappa shape index (κ2) is 7.77. The molecule has 1 aromatic rings. The summed E-state index contributed by atoms with van der Waals surface area (Å²) in [6.07, 6.45) is 0.312. The first-order valence-electron chi connectivity index (χ1n) is 6.87. The zero-order valence-corrected chi connectivity index (χ0v) is 13.8. The van der Waals surface area contributed by atoms with E-state index >= 15 is 0 Å². The topological polar surface area (TPSA) is 38.8 Å². The standard InChI is InChI=1S/C15H19NO3S2/c1-11-8-16(9-12(2)18-11)15(20)21-10-14(17)19-13-6-4-3-5-7-13/h3-7,11-12H,8-10H2,1-2H3/t11-,12-/m0/s1. The van der Waals surface area contributed by atoms with E-state index in [4.69, 9.17) is 21.7 Å². The summed E-state index contributed by atoms with van der Waals surface area (Å²) >= 11 is 6.73. The molecule has 0 unspecified atom stereocenters. The van der Waals surface area contributed by atoms with Gasteiger partial charge in [0.1, 0.15) is 10.1 Å². The van der Waals surface area contributed by atoms with Gasteiger partial charge in [-0.15, -0.1) is 0 Å².